The van der Waals surface area contributed by atoms with E-state index in [1.165, 1.54) is 17.4 Å². The number of halogens is 1. The molecule has 26 heavy (non-hydrogen) atoms. The number of nitrogens with one attached hydrogen (secondary N) is 3. The summed E-state index contributed by atoms with van der Waals surface area (Å²) in [5.74, 6) is 1.18. The lowest BCUT2D eigenvalue weighted by Gasteiger charge is -2.17. The minimum Gasteiger partial charge on any atom is -0.459 e. The maximum atomic E-state index is 11.7. The number of aryl methyl sites for hydroxylation is 1. The zero-order valence-corrected chi connectivity index (χ0v) is 17.7. The van der Waals surface area contributed by atoms with Gasteiger partial charge in [0.25, 0.3) is 5.91 Å². The zero-order chi connectivity index (χ0) is 18.1. The zero-order valence-electron chi connectivity index (χ0n) is 15.4. The number of aliphatic imine (C=N–C) groups is 1. The normalized spacial score (nSPS) is 12.0. The predicted molar refractivity (Wildman–Crippen MR) is 115 cm³/mol. The van der Waals surface area contributed by atoms with Gasteiger partial charge in [-0.25, -0.2) is 0 Å². The van der Waals surface area contributed by atoms with E-state index in [4.69, 9.17) is 4.42 Å². The highest BCUT2D eigenvalue weighted by molar-refractivity contribution is 14.0. The molecule has 142 valence electrons. The van der Waals surface area contributed by atoms with E-state index in [1.807, 2.05) is 0 Å². The summed E-state index contributed by atoms with van der Waals surface area (Å²) in [6, 6.07) is 11.8. The number of amides is 1. The molecule has 1 aromatic carbocycles. The Balaban J connectivity index is 0.00000338. The molecule has 0 radical (unpaired) electrons. The van der Waals surface area contributed by atoms with E-state index in [1.54, 1.807) is 19.2 Å². The van der Waals surface area contributed by atoms with Crippen LogP contribution in [-0.4, -0.2) is 38.5 Å². The van der Waals surface area contributed by atoms with Crippen LogP contribution < -0.4 is 16.0 Å². The van der Waals surface area contributed by atoms with E-state index in [0.29, 0.717) is 30.7 Å². The fourth-order valence-corrected chi connectivity index (χ4v) is 2.42. The van der Waals surface area contributed by atoms with Gasteiger partial charge in [0.1, 0.15) is 0 Å². The SMILES string of the molecule is CN=C(NCCNC(=O)c1ccco1)NCC(C)c1cccc(C)c1.I. The maximum Gasteiger partial charge on any atom is 0.287 e. The van der Waals surface area contributed by atoms with Crippen molar-refractivity contribution in [1.82, 2.24) is 16.0 Å². The Hall–Kier alpha value is -2.03. The first-order valence-corrected chi connectivity index (χ1v) is 8.43. The van der Waals surface area contributed by atoms with E-state index >= 15 is 0 Å². The second-order valence-electron chi connectivity index (χ2n) is 5.93. The van der Waals surface area contributed by atoms with E-state index in [2.05, 4.69) is 59.1 Å². The monoisotopic (exact) mass is 470 g/mol. The van der Waals surface area contributed by atoms with Gasteiger partial charge in [0.05, 0.1) is 6.26 Å². The quantitative estimate of drug-likeness (QED) is 0.252. The van der Waals surface area contributed by atoms with Crippen molar-refractivity contribution in [3.63, 3.8) is 0 Å². The summed E-state index contributed by atoms with van der Waals surface area (Å²) in [7, 11) is 1.73. The molecule has 0 bridgehead atoms. The van der Waals surface area contributed by atoms with Crippen LogP contribution in [0.15, 0.2) is 52.1 Å². The van der Waals surface area contributed by atoms with Gasteiger partial charge in [0.15, 0.2) is 11.7 Å². The topological polar surface area (TPSA) is 78.7 Å². The van der Waals surface area contributed by atoms with Crippen LogP contribution >= 0.6 is 24.0 Å². The van der Waals surface area contributed by atoms with Crippen LogP contribution in [0.4, 0.5) is 0 Å². The van der Waals surface area contributed by atoms with Gasteiger partial charge in [0, 0.05) is 26.7 Å². The number of carbonyl (C=O) groups excluding carboxylic acids is 1. The number of nitrogens with zero attached hydrogens (tertiary/aromatic N) is 1. The third-order valence-electron chi connectivity index (χ3n) is 3.86. The lowest BCUT2D eigenvalue weighted by Crippen LogP contribution is -2.42. The third-order valence-corrected chi connectivity index (χ3v) is 3.86. The molecular formula is C19H27IN4O2. The van der Waals surface area contributed by atoms with Crippen LogP contribution in [0, 0.1) is 6.92 Å². The summed E-state index contributed by atoms with van der Waals surface area (Å²) in [5, 5.41) is 9.28. The molecule has 1 atom stereocenters. The van der Waals surface area contributed by atoms with E-state index < -0.39 is 0 Å². The lowest BCUT2D eigenvalue weighted by molar-refractivity contribution is 0.0926. The van der Waals surface area contributed by atoms with Gasteiger partial charge >= 0.3 is 0 Å². The Morgan fingerprint density at radius 1 is 1.15 bits per heavy atom. The van der Waals surface area contributed by atoms with Crippen molar-refractivity contribution in [3.05, 3.63) is 59.5 Å². The van der Waals surface area contributed by atoms with Crippen LogP contribution in [0.3, 0.4) is 0 Å². The largest absolute Gasteiger partial charge is 0.459 e. The number of hydrogen-bond acceptors (Lipinski definition) is 3. The maximum absolute atomic E-state index is 11.7. The molecule has 0 aliphatic rings. The molecule has 0 fully saturated rings. The van der Waals surface area contributed by atoms with Crippen molar-refractivity contribution in [2.75, 3.05) is 26.7 Å². The van der Waals surface area contributed by atoms with Crippen molar-refractivity contribution in [2.24, 2.45) is 4.99 Å². The molecule has 2 rings (SSSR count). The molecule has 0 aliphatic carbocycles. The van der Waals surface area contributed by atoms with Gasteiger partial charge in [-0.05, 0) is 30.5 Å². The molecule has 1 amide bonds. The van der Waals surface area contributed by atoms with Gasteiger partial charge in [-0.1, -0.05) is 36.8 Å². The Labute approximate surface area is 171 Å². The number of hydrogen-bond donors (Lipinski definition) is 3. The second-order valence-corrected chi connectivity index (χ2v) is 5.93. The summed E-state index contributed by atoms with van der Waals surface area (Å²) < 4.78 is 5.04. The highest BCUT2D eigenvalue weighted by Gasteiger charge is 2.08. The summed E-state index contributed by atoms with van der Waals surface area (Å²) in [6.45, 7) is 6.11. The molecule has 1 aromatic heterocycles. The molecule has 0 aliphatic heterocycles. The summed E-state index contributed by atoms with van der Waals surface area (Å²) in [6.07, 6.45) is 1.48. The third kappa shape index (κ3) is 7.07. The average Bonchev–Trinajstić information content (AvgIpc) is 3.15. The molecule has 2 aromatic rings. The van der Waals surface area contributed by atoms with Gasteiger partial charge in [-0.15, -0.1) is 24.0 Å². The van der Waals surface area contributed by atoms with Gasteiger partial charge in [-0.3, -0.25) is 9.79 Å². The molecule has 1 unspecified atom stereocenters. The number of benzene rings is 1. The van der Waals surface area contributed by atoms with Crippen molar-refractivity contribution in [2.45, 2.75) is 19.8 Å². The van der Waals surface area contributed by atoms with Gasteiger partial charge in [-0.2, -0.15) is 0 Å². The van der Waals surface area contributed by atoms with Crippen molar-refractivity contribution in [1.29, 1.82) is 0 Å². The number of rotatable bonds is 7. The molecule has 1 heterocycles. The molecular weight excluding hydrogens is 443 g/mol. The van der Waals surface area contributed by atoms with E-state index in [0.717, 1.165) is 6.54 Å². The summed E-state index contributed by atoms with van der Waals surface area (Å²) in [4.78, 5) is 15.9. The number of carbonyl (C=O) groups is 1. The minimum atomic E-state index is -0.220. The smallest absolute Gasteiger partial charge is 0.287 e. The predicted octanol–water partition coefficient (Wildman–Crippen LogP) is 2.90. The second kappa shape index (κ2) is 11.6. The van der Waals surface area contributed by atoms with Crippen molar-refractivity contribution >= 4 is 35.8 Å². The first-order chi connectivity index (χ1) is 12.1. The summed E-state index contributed by atoms with van der Waals surface area (Å²) in [5.41, 5.74) is 2.56. The van der Waals surface area contributed by atoms with Crippen LogP contribution in [0.2, 0.25) is 0 Å². The summed E-state index contributed by atoms with van der Waals surface area (Å²) >= 11 is 0. The first kappa shape index (κ1) is 22.0. The van der Waals surface area contributed by atoms with Crippen molar-refractivity contribution < 1.29 is 9.21 Å². The lowest BCUT2D eigenvalue weighted by atomic mass is 9.99. The molecule has 0 spiro atoms. The molecule has 0 saturated carbocycles. The highest BCUT2D eigenvalue weighted by Crippen LogP contribution is 2.15. The molecule has 7 heteroatoms. The Kier molecular flexibility index (Phi) is 9.79. The van der Waals surface area contributed by atoms with Gasteiger partial charge < -0.3 is 20.4 Å². The Bertz CT molecular complexity index is 701. The molecule has 6 nitrogen and oxygen atoms in total. The van der Waals surface area contributed by atoms with Crippen molar-refractivity contribution in [3.8, 4) is 0 Å². The first-order valence-electron chi connectivity index (χ1n) is 8.43. The minimum absolute atomic E-state index is 0. The van der Waals surface area contributed by atoms with Crippen LogP contribution in [0.5, 0.6) is 0 Å². The van der Waals surface area contributed by atoms with Crippen LogP contribution in [0.1, 0.15) is 34.5 Å². The fraction of sp³-hybridized carbons (Fsp3) is 0.368. The number of guanidine groups is 1. The highest BCUT2D eigenvalue weighted by atomic mass is 127. The molecule has 3 N–H and O–H groups in total. The molecule has 0 saturated heterocycles. The average molecular weight is 470 g/mol. The fourth-order valence-electron chi connectivity index (χ4n) is 2.42. The standard InChI is InChI=1S/C19H26N4O2.HI/c1-14-6-4-7-16(12-14)15(2)13-23-19(20-3)22-10-9-21-18(24)17-8-5-11-25-17;/h4-8,11-12,15H,9-10,13H2,1-3H3,(H,21,24)(H2,20,22,23);1H. The van der Waals surface area contributed by atoms with E-state index in [9.17, 15) is 4.79 Å². The number of furan rings is 1. The van der Waals surface area contributed by atoms with Crippen LogP contribution in [-0.2, 0) is 0 Å². The Morgan fingerprint density at radius 3 is 2.58 bits per heavy atom. The van der Waals surface area contributed by atoms with Crippen LogP contribution in [0.25, 0.3) is 0 Å². The van der Waals surface area contributed by atoms with Gasteiger partial charge in [0.2, 0.25) is 0 Å². The Morgan fingerprint density at radius 2 is 1.92 bits per heavy atom. The van der Waals surface area contributed by atoms with E-state index in [-0.39, 0.29) is 29.9 Å².